The lowest BCUT2D eigenvalue weighted by Crippen LogP contribution is -2.13. The number of imidazole rings is 1. The van der Waals surface area contributed by atoms with Crippen LogP contribution >= 0.6 is 15.9 Å². The molecule has 0 fully saturated rings. The van der Waals surface area contributed by atoms with Gasteiger partial charge in [-0.15, -0.1) is 0 Å². The van der Waals surface area contributed by atoms with Crippen molar-refractivity contribution in [3.05, 3.63) is 64.1 Å². The van der Waals surface area contributed by atoms with Gasteiger partial charge in [-0.05, 0) is 49.7 Å². The van der Waals surface area contributed by atoms with E-state index in [2.05, 4.69) is 26.2 Å². The zero-order valence-corrected chi connectivity index (χ0v) is 13.3. The number of pyridine rings is 1. The van der Waals surface area contributed by atoms with E-state index >= 15 is 0 Å². The summed E-state index contributed by atoms with van der Waals surface area (Å²) in [5.74, 6) is 0.598. The van der Waals surface area contributed by atoms with Gasteiger partial charge < -0.3 is 9.72 Å². The zero-order chi connectivity index (χ0) is 15.0. The Balaban J connectivity index is 1.98. The SMILES string of the molecule is Cc1cc(Br)ccc1NC(=O)c1nc(C)n2ccccc12. The van der Waals surface area contributed by atoms with Crippen LogP contribution in [-0.4, -0.2) is 15.3 Å². The number of amides is 1. The first-order valence-electron chi connectivity index (χ1n) is 6.57. The molecule has 21 heavy (non-hydrogen) atoms. The van der Waals surface area contributed by atoms with Gasteiger partial charge in [0.15, 0.2) is 5.69 Å². The highest BCUT2D eigenvalue weighted by molar-refractivity contribution is 9.10. The maximum atomic E-state index is 12.5. The first-order chi connectivity index (χ1) is 10.1. The molecule has 0 aliphatic carbocycles. The van der Waals surface area contributed by atoms with E-state index in [-0.39, 0.29) is 5.91 Å². The van der Waals surface area contributed by atoms with Crippen molar-refractivity contribution in [3.8, 4) is 0 Å². The van der Waals surface area contributed by atoms with Gasteiger partial charge in [0.25, 0.3) is 5.91 Å². The molecule has 0 spiro atoms. The van der Waals surface area contributed by atoms with Gasteiger partial charge in [-0.1, -0.05) is 22.0 Å². The number of fused-ring (bicyclic) bond motifs is 1. The molecule has 4 nitrogen and oxygen atoms in total. The Bertz CT molecular complexity index is 839. The third-order valence-electron chi connectivity index (χ3n) is 3.38. The number of hydrogen-bond donors (Lipinski definition) is 1. The van der Waals surface area contributed by atoms with E-state index < -0.39 is 0 Å². The molecule has 1 N–H and O–H groups in total. The van der Waals surface area contributed by atoms with Gasteiger partial charge in [-0.25, -0.2) is 4.98 Å². The Morgan fingerprint density at radius 3 is 2.81 bits per heavy atom. The molecule has 2 heterocycles. The summed E-state index contributed by atoms with van der Waals surface area (Å²) in [7, 11) is 0. The fraction of sp³-hybridized carbons (Fsp3) is 0.125. The van der Waals surface area contributed by atoms with E-state index in [4.69, 9.17) is 0 Å². The average Bonchev–Trinajstić information content (AvgIpc) is 2.80. The number of aromatic nitrogens is 2. The van der Waals surface area contributed by atoms with Gasteiger partial charge in [-0.2, -0.15) is 0 Å². The second kappa shape index (κ2) is 5.33. The Hall–Kier alpha value is -2.14. The quantitative estimate of drug-likeness (QED) is 0.765. The van der Waals surface area contributed by atoms with Crippen molar-refractivity contribution in [2.75, 3.05) is 5.32 Å². The molecule has 0 aliphatic heterocycles. The fourth-order valence-corrected chi connectivity index (χ4v) is 2.78. The number of nitrogens with one attached hydrogen (secondary N) is 1. The number of anilines is 1. The molecule has 0 bridgehead atoms. The van der Waals surface area contributed by atoms with Gasteiger partial charge in [0.1, 0.15) is 5.82 Å². The maximum Gasteiger partial charge on any atom is 0.276 e. The van der Waals surface area contributed by atoms with E-state index in [0.717, 1.165) is 27.1 Å². The van der Waals surface area contributed by atoms with Gasteiger partial charge in [0.05, 0.1) is 5.52 Å². The smallest absolute Gasteiger partial charge is 0.276 e. The largest absolute Gasteiger partial charge is 0.320 e. The molecule has 0 saturated carbocycles. The second-order valence-electron chi connectivity index (χ2n) is 4.88. The highest BCUT2D eigenvalue weighted by Gasteiger charge is 2.16. The van der Waals surface area contributed by atoms with E-state index in [1.165, 1.54) is 0 Å². The number of benzene rings is 1. The van der Waals surface area contributed by atoms with Crippen molar-refractivity contribution in [2.24, 2.45) is 0 Å². The van der Waals surface area contributed by atoms with Crippen LogP contribution in [0.3, 0.4) is 0 Å². The standard InChI is InChI=1S/C16H14BrN3O/c1-10-9-12(17)6-7-13(10)19-16(21)15-14-5-3-4-8-20(14)11(2)18-15/h3-9H,1-2H3,(H,19,21). The van der Waals surface area contributed by atoms with E-state index in [0.29, 0.717) is 5.69 Å². The summed E-state index contributed by atoms with van der Waals surface area (Å²) in [6, 6.07) is 11.5. The molecule has 0 saturated heterocycles. The summed E-state index contributed by atoms with van der Waals surface area (Å²) in [6.07, 6.45) is 1.90. The predicted octanol–water partition coefficient (Wildman–Crippen LogP) is 3.97. The van der Waals surface area contributed by atoms with Crippen molar-refractivity contribution in [2.45, 2.75) is 13.8 Å². The lowest BCUT2D eigenvalue weighted by molar-refractivity contribution is 0.102. The van der Waals surface area contributed by atoms with Crippen LogP contribution < -0.4 is 5.32 Å². The number of rotatable bonds is 2. The van der Waals surface area contributed by atoms with E-state index in [1.54, 1.807) is 0 Å². The molecular weight excluding hydrogens is 330 g/mol. The average molecular weight is 344 g/mol. The molecule has 106 valence electrons. The van der Waals surface area contributed by atoms with Crippen molar-refractivity contribution in [1.82, 2.24) is 9.38 Å². The molecule has 2 aromatic heterocycles. The molecule has 5 heteroatoms. The van der Waals surface area contributed by atoms with Crippen LogP contribution in [0.2, 0.25) is 0 Å². The first kappa shape index (κ1) is 13.8. The molecule has 1 amide bonds. The molecule has 1 aromatic carbocycles. The molecule has 3 rings (SSSR count). The first-order valence-corrected chi connectivity index (χ1v) is 7.37. The highest BCUT2D eigenvalue weighted by Crippen LogP contribution is 2.21. The minimum absolute atomic E-state index is 0.197. The van der Waals surface area contributed by atoms with Gasteiger partial charge in [0.2, 0.25) is 0 Å². The van der Waals surface area contributed by atoms with Gasteiger partial charge >= 0.3 is 0 Å². The number of carbonyl (C=O) groups excluding carboxylic acids is 1. The van der Waals surface area contributed by atoms with Crippen molar-refractivity contribution in [1.29, 1.82) is 0 Å². The van der Waals surface area contributed by atoms with Gasteiger partial charge in [-0.3, -0.25) is 4.79 Å². The maximum absolute atomic E-state index is 12.5. The molecule has 0 radical (unpaired) electrons. The number of carbonyl (C=O) groups is 1. The Labute approximate surface area is 131 Å². The van der Waals surface area contributed by atoms with Crippen LogP contribution in [0.4, 0.5) is 5.69 Å². The molecule has 0 aliphatic rings. The Morgan fingerprint density at radius 2 is 2.05 bits per heavy atom. The minimum atomic E-state index is -0.197. The van der Waals surface area contributed by atoms with Crippen LogP contribution in [0.5, 0.6) is 0 Å². The van der Waals surface area contributed by atoms with Gasteiger partial charge in [0, 0.05) is 16.4 Å². The lowest BCUT2D eigenvalue weighted by atomic mass is 10.2. The van der Waals surface area contributed by atoms with Crippen molar-refractivity contribution in [3.63, 3.8) is 0 Å². The summed E-state index contributed by atoms with van der Waals surface area (Å²) in [4.78, 5) is 16.9. The predicted molar refractivity (Wildman–Crippen MR) is 86.8 cm³/mol. The van der Waals surface area contributed by atoms with Crippen LogP contribution in [0.1, 0.15) is 21.9 Å². The van der Waals surface area contributed by atoms with Crippen LogP contribution in [-0.2, 0) is 0 Å². The Kier molecular flexibility index (Phi) is 3.51. The van der Waals surface area contributed by atoms with E-state index in [1.807, 2.05) is 60.8 Å². The van der Waals surface area contributed by atoms with Crippen LogP contribution in [0, 0.1) is 13.8 Å². The monoisotopic (exact) mass is 343 g/mol. The molecule has 0 unspecified atom stereocenters. The highest BCUT2D eigenvalue weighted by atomic mass is 79.9. The third-order valence-corrected chi connectivity index (χ3v) is 3.87. The van der Waals surface area contributed by atoms with Crippen molar-refractivity contribution >= 4 is 33.0 Å². The number of hydrogen-bond acceptors (Lipinski definition) is 2. The normalized spacial score (nSPS) is 10.8. The zero-order valence-electron chi connectivity index (χ0n) is 11.7. The second-order valence-corrected chi connectivity index (χ2v) is 5.79. The number of aryl methyl sites for hydroxylation is 2. The number of nitrogens with zero attached hydrogens (tertiary/aromatic N) is 2. The van der Waals surface area contributed by atoms with Crippen LogP contribution in [0.25, 0.3) is 5.52 Å². The fourth-order valence-electron chi connectivity index (χ4n) is 2.31. The summed E-state index contributed by atoms with van der Waals surface area (Å²) in [6.45, 7) is 3.84. The molecular formula is C16H14BrN3O. The molecule has 0 atom stereocenters. The van der Waals surface area contributed by atoms with E-state index in [9.17, 15) is 4.79 Å². The topological polar surface area (TPSA) is 46.4 Å². The van der Waals surface area contributed by atoms with Crippen LogP contribution in [0.15, 0.2) is 47.1 Å². The minimum Gasteiger partial charge on any atom is -0.320 e. The summed E-state index contributed by atoms with van der Waals surface area (Å²) in [5, 5.41) is 2.92. The lowest BCUT2D eigenvalue weighted by Gasteiger charge is -2.07. The summed E-state index contributed by atoms with van der Waals surface area (Å²) < 4.78 is 2.89. The molecule has 3 aromatic rings. The third kappa shape index (κ3) is 2.56. The summed E-state index contributed by atoms with van der Waals surface area (Å²) in [5.41, 5.74) is 3.04. The number of halogens is 1. The van der Waals surface area contributed by atoms with Crippen molar-refractivity contribution < 1.29 is 4.79 Å². The summed E-state index contributed by atoms with van der Waals surface area (Å²) >= 11 is 3.41. The Morgan fingerprint density at radius 1 is 1.24 bits per heavy atom.